The van der Waals surface area contributed by atoms with Crippen LogP contribution in [0, 0.1) is 0 Å². The highest BCUT2D eigenvalue weighted by Crippen LogP contribution is 2.18. The number of nitrogens with zero attached hydrogens (tertiary/aromatic N) is 3. The Hall–Kier alpha value is -0.590. The van der Waals surface area contributed by atoms with Crippen LogP contribution in [0.3, 0.4) is 0 Å². The molecule has 0 amide bonds. The summed E-state index contributed by atoms with van der Waals surface area (Å²) in [5, 5.41) is 12.6. The zero-order valence-corrected chi connectivity index (χ0v) is 10.3. The minimum atomic E-state index is 0.477. The molecule has 0 saturated heterocycles. The number of ether oxygens (including phenoxy) is 1. The van der Waals surface area contributed by atoms with Crippen molar-refractivity contribution in [2.24, 2.45) is 7.05 Å². The van der Waals surface area contributed by atoms with Crippen LogP contribution >= 0.6 is 11.8 Å². The Morgan fingerprint density at radius 1 is 1.67 bits per heavy atom. The molecule has 1 heterocycles. The molecule has 0 bridgehead atoms. The lowest BCUT2D eigenvalue weighted by atomic mass is 10.4. The molecular formula is C9H18N4OS. The second-order valence-corrected chi connectivity index (χ2v) is 4.76. The predicted octanol–water partition coefficient (Wildman–Crippen LogP) is 0.532. The molecule has 6 heteroatoms. The van der Waals surface area contributed by atoms with Crippen molar-refractivity contribution in [2.75, 3.05) is 26.8 Å². The van der Waals surface area contributed by atoms with Gasteiger partial charge in [-0.1, -0.05) is 18.7 Å². The van der Waals surface area contributed by atoms with Crippen LogP contribution in [-0.4, -0.2) is 46.8 Å². The SMILES string of the molecule is COCCNCC(C)Sc1nncn1C. The largest absolute Gasteiger partial charge is 0.383 e. The Labute approximate surface area is 94.6 Å². The van der Waals surface area contributed by atoms with Gasteiger partial charge in [-0.2, -0.15) is 0 Å². The second-order valence-electron chi connectivity index (χ2n) is 3.35. The van der Waals surface area contributed by atoms with Gasteiger partial charge in [-0.25, -0.2) is 0 Å². The monoisotopic (exact) mass is 230 g/mol. The van der Waals surface area contributed by atoms with E-state index in [0.29, 0.717) is 5.25 Å². The van der Waals surface area contributed by atoms with Gasteiger partial charge in [0.2, 0.25) is 0 Å². The summed E-state index contributed by atoms with van der Waals surface area (Å²) in [6, 6.07) is 0. The Bertz CT molecular complexity index is 279. The summed E-state index contributed by atoms with van der Waals surface area (Å²) in [6.07, 6.45) is 1.72. The van der Waals surface area contributed by atoms with E-state index >= 15 is 0 Å². The number of nitrogens with one attached hydrogen (secondary N) is 1. The van der Waals surface area contributed by atoms with E-state index in [1.807, 2.05) is 11.6 Å². The van der Waals surface area contributed by atoms with Gasteiger partial charge in [-0.05, 0) is 0 Å². The molecule has 86 valence electrons. The standard InChI is InChI=1S/C9H18N4OS/c1-8(6-10-4-5-14-3)15-9-12-11-7-13(9)2/h7-8,10H,4-6H2,1-3H3. The molecule has 1 unspecified atom stereocenters. The third kappa shape index (κ3) is 4.63. The van der Waals surface area contributed by atoms with Gasteiger partial charge < -0.3 is 14.6 Å². The van der Waals surface area contributed by atoms with Gasteiger partial charge in [0.1, 0.15) is 6.33 Å². The number of thioether (sulfide) groups is 1. The van der Waals surface area contributed by atoms with E-state index in [0.717, 1.165) is 24.9 Å². The van der Waals surface area contributed by atoms with Crippen LogP contribution in [0.2, 0.25) is 0 Å². The van der Waals surface area contributed by atoms with Crippen LogP contribution in [0.4, 0.5) is 0 Å². The fourth-order valence-electron chi connectivity index (χ4n) is 1.08. The fraction of sp³-hybridized carbons (Fsp3) is 0.778. The molecule has 0 saturated carbocycles. The maximum atomic E-state index is 4.95. The fourth-order valence-corrected chi connectivity index (χ4v) is 1.95. The summed E-state index contributed by atoms with van der Waals surface area (Å²) in [7, 11) is 3.66. The smallest absolute Gasteiger partial charge is 0.191 e. The van der Waals surface area contributed by atoms with Crippen molar-refractivity contribution in [3.05, 3.63) is 6.33 Å². The molecule has 1 aromatic rings. The van der Waals surface area contributed by atoms with E-state index in [4.69, 9.17) is 4.74 Å². The van der Waals surface area contributed by atoms with E-state index in [1.54, 1.807) is 25.2 Å². The number of hydrogen-bond donors (Lipinski definition) is 1. The van der Waals surface area contributed by atoms with Gasteiger partial charge in [-0.15, -0.1) is 10.2 Å². The number of aryl methyl sites for hydroxylation is 1. The Balaban J connectivity index is 2.18. The zero-order valence-electron chi connectivity index (χ0n) is 9.43. The van der Waals surface area contributed by atoms with Crippen molar-refractivity contribution >= 4 is 11.8 Å². The summed E-state index contributed by atoms with van der Waals surface area (Å²) in [5.74, 6) is 0. The Kier molecular flexibility index (Phi) is 5.67. The van der Waals surface area contributed by atoms with Crippen molar-refractivity contribution in [1.82, 2.24) is 20.1 Å². The first kappa shape index (κ1) is 12.5. The average Bonchev–Trinajstić information content (AvgIpc) is 2.59. The summed E-state index contributed by atoms with van der Waals surface area (Å²) in [4.78, 5) is 0. The van der Waals surface area contributed by atoms with E-state index in [2.05, 4.69) is 22.4 Å². The van der Waals surface area contributed by atoms with Gasteiger partial charge in [0, 0.05) is 32.5 Å². The Morgan fingerprint density at radius 2 is 2.47 bits per heavy atom. The quantitative estimate of drug-likeness (QED) is 0.547. The molecule has 0 spiro atoms. The number of rotatable bonds is 7. The highest BCUT2D eigenvalue weighted by atomic mass is 32.2. The molecule has 1 rings (SSSR count). The molecule has 1 atom stereocenters. The van der Waals surface area contributed by atoms with E-state index in [-0.39, 0.29) is 0 Å². The van der Waals surface area contributed by atoms with Gasteiger partial charge in [0.15, 0.2) is 5.16 Å². The van der Waals surface area contributed by atoms with Crippen molar-refractivity contribution < 1.29 is 4.74 Å². The molecular weight excluding hydrogens is 212 g/mol. The van der Waals surface area contributed by atoms with Crippen molar-refractivity contribution in [3.63, 3.8) is 0 Å². The van der Waals surface area contributed by atoms with Gasteiger partial charge in [-0.3, -0.25) is 0 Å². The summed E-state index contributed by atoms with van der Waals surface area (Å²) in [5.41, 5.74) is 0. The summed E-state index contributed by atoms with van der Waals surface area (Å²) < 4.78 is 6.88. The molecule has 0 aliphatic heterocycles. The highest BCUT2D eigenvalue weighted by Gasteiger charge is 2.07. The first-order valence-corrected chi connectivity index (χ1v) is 5.82. The second kappa shape index (κ2) is 6.81. The van der Waals surface area contributed by atoms with Crippen LogP contribution in [0.1, 0.15) is 6.92 Å². The average molecular weight is 230 g/mol. The van der Waals surface area contributed by atoms with Crippen LogP contribution in [-0.2, 0) is 11.8 Å². The van der Waals surface area contributed by atoms with Crippen LogP contribution < -0.4 is 5.32 Å². The summed E-state index contributed by atoms with van der Waals surface area (Å²) >= 11 is 1.72. The van der Waals surface area contributed by atoms with Crippen molar-refractivity contribution in [3.8, 4) is 0 Å². The van der Waals surface area contributed by atoms with E-state index in [1.165, 1.54) is 0 Å². The predicted molar refractivity (Wildman–Crippen MR) is 61.1 cm³/mol. The van der Waals surface area contributed by atoms with E-state index < -0.39 is 0 Å². The normalized spacial score (nSPS) is 13.0. The number of aromatic nitrogens is 3. The minimum absolute atomic E-state index is 0.477. The molecule has 1 N–H and O–H groups in total. The van der Waals surface area contributed by atoms with Crippen molar-refractivity contribution in [2.45, 2.75) is 17.3 Å². The lowest BCUT2D eigenvalue weighted by Crippen LogP contribution is -2.26. The zero-order chi connectivity index (χ0) is 11.1. The van der Waals surface area contributed by atoms with Crippen LogP contribution in [0.5, 0.6) is 0 Å². The van der Waals surface area contributed by atoms with Crippen LogP contribution in [0.25, 0.3) is 0 Å². The molecule has 0 aliphatic carbocycles. The maximum Gasteiger partial charge on any atom is 0.191 e. The van der Waals surface area contributed by atoms with Gasteiger partial charge >= 0.3 is 0 Å². The van der Waals surface area contributed by atoms with Gasteiger partial charge in [0.05, 0.1) is 6.61 Å². The maximum absolute atomic E-state index is 4.95. The van der Waals surface area contributed by atoms with Crippen molar-refractivity contribution in [1.29, 1.82) is 0 Å². The molecule has 15 heavy (non-hydrogen) atoms. The Morgan fingerprint density at radius 3 is 3.07 bits per heavy atom. The topological polar surface area (TPSA) is 52.0 Å². The first-order valence-electron chi connectivity index (χ1n) is 4.94. The molecule has 0 aliphatic rings. The minimum Gasteiger partial charge on any atom is -0.383 e. The highest BCUT2D eigenvalue weighted by molar-refractivity contribution is 7.99. The number of hydrogen-bond acceptors (Lipinski definition) is 5. The number of methoxy groups -OCH3 is 1. The molecule has 0 radical (unpaired) electrons. The molecule has 1 aromatic heterocycles. The lowest BCUT2D eigenvalue weighted by molar-refractivity contribution is 0.199. The third-order valence-electron chi connectivity index (χ3n) is 1.89. The van der Waals surface area contributed by atoms with Gasteiger partial charge in [0.25, 0.3) is 0 Å². The molecule has 0 aromatic carbocycles. The van der Waals surface area contributed by atoms with E-state index in [9.17, 15) is 0 Å². The summed E-state index contributed by atoms with van der Waals surface area (Å²) in [6.45, 7) is 4.75. The molecule has 5 nitrogen and oxygen atoms in total. The third-order valence-corrected chi connectivity index (χ3v) is 3.04. The van der Waals surface area contributed by atoms with Crippen LogP contribution in [0.15, 0.2) is 11.5 Å². The lowest BCUT2D eigenvalue weighted by Gasteiger charge is -2.10. The molecule has 0 fully saturated rings. The first-order chi connectivity index (χ1) is 7.24.